The van der Waals surface area contributed by atoms with E-state index in [4.69, 9.17) is 4.74 Å². The maximum absolute atomic E-state index is 12.9. The number of hydrogen-bond donors (Lipinski definition) is 3. The molecular weight excluding hydrogens is 408 g/mol. The fourth-order valence-corrected chi connectivity index (χ4v) is 3.61. The van der Waals surface area contributed by atoms with Gasteiger partial charge in [-0.3, -0.25) is 9.59 Å². The van der Waals surface area contributed by atoms with Gasteiger partial charge >= 0.3 is 6.03 Å². The van der Waals surface area contributed by atoms with Crippen molar-refractivity contribution in [3.05, 3.63) is 54.1 Å². The zero-order valence-electron chi connectivity index (χ0n) is 18.7. The van der Waals surface area contributed by atoms with E-state index in [1.165, 1.54) is 0 Å². The number of rotatable bonds is 8. The van der Waals surface area contributed by atoms with E-state index < -0.39 is 12.1 Å². The molecule has 8 nitrogen and oxygen atoms in total. The van der Waals surface area contributed by atoms with Crippen LogP contribution in [0.2, 0.25) is 0 Å². The van der Waals surface area contributed by atoms with Crippen molar-refractivity contribution in [2.45, 2.75) is 39.3 Å². The molecule has 1 fully saturated rings. The average Bonchev–Trinajstić information content (AvgIpc) is 3.22. The third kappa shape index (κ3) is 5.78. The van der Waals surface area contributed by atoms with Gasteiger partial charge in [-0.1, -0.05) is 44.2 Å². The van der Waals surface area contributed by atoms with Crippen LogP contribution in [0.1, 0.15) is 32.3 Å². The Kier molecular flexibility index (Phi) is 7.70. The van der Waals surface area contributed by atoms with Gasteiger partial charge in [-0.25, -0.2) is 4.79 Å². The Hall–Kier alpha value is -3.55. The van der Waals surface area contributed by atoms with Crippen molar-refractivity contribution in [3.63, 3.8) is 0 Å². The second-order valence-electron chi connectivity index (χ2n) is 8.06. The summed E-state index contributed by atoms with van der Waals surface area (Å²) in [5.74, 6) is 0.134. The van der Waals surface area contributed by atoms with Crippen LogP contribution in [0.5, 0.6) is 5.75 Å². The molecule has 3 rings (SSSR count). The van der Waals surface area contributed by atoms with Crippen LogP contribution in [0.15, 0.2) is 48.5 Å². The fourth-order valence-electron chi connectivity index (χ4n) is 3.61. The first kappa shape index (κ1) is 23.1. The summed E-state index contributed by atoms with van der Waals surface area (Å²) in [5, 5.41) is 8.39. The van der Waals surface area contributed by atoms with Gasteiger partial charge in [0.2, 0.25) is 11.8 Å². The second-order valence-corrected chi connectivity index (χ2v) is 8.06. The number of carbonyl (C=O) groups is 3. The molecule has 2 aromatic rings. The molecule has 1 aliphatic heterocycles. The molecule has 0 saturated carbocycles. The number of carbonyl (C=O) groups excluding carboxylic acids is 3. The van der Waals surface area contributed by atoms with Crippen LogP contribution in [-0.4, -0.2) is 37.5 Å². The maximum Gasteiger partial charge on any atom is 0.315 e. The molecule has 8 heteroatoms. The molecule has 4 amide bonds. The number of nitrogens with zero attached hydrogens (tertiary/aromatic N) is 1. The molecule has 0 spiro atoms. The summed E-state index contributed by atoms with van der Waals surface area (Å²) >= 11 is 0. The lowest BCUT2D eigenvalue weighted by Crippen LogP contribution is -2.50. The van der Waals surface area contributed by atoms with Gasteiger partial charge in [0.25, 0.3) is 0 Å². The number of ether oxygens (including phenoxy) is 1. The molecule has 0 aliphatic carbocycles. The first-order valence-corrected chi connectivity index (χ1v) is 10.8. The molecule has 32 heavy (non-hydrogen) atoms. The van der Waals surface area contributed by atoms with Gasteiger partial charge < -0.3 is 25.6 Å². The third-order valence-corrected chi connectivity index (χ3v) is 5.34. The quantitative estimate of drug-likeness (QED) is 0.589. The Balaban J connectivity index is 1.66. The van der Waals surface area contributed by atoms with E-state index in [1.807, 2.05) is 44.2 Å². The van der Waals surface area contributed by atoms with E-state index >= 15 is 0 Å². The molecule has 170 valence electrons. The summed E-state index contributed by atoms with van der Waals surface area (Å²) in [6.07, 6.45) is 1.28. The van der Waals surface area contributed by atoms with E-state index in [0.717, 1.165) is 12.0 Å². The number of anilines is 2. The monoisotopic (exact) mass is 438 g/mol. The van der Waals surface area contributed by atoms with Crippen LogP contribution in [0, 0.1) is 5.92 Å². The van der Waals surface area contributed by atoms with Crippen molar-refractivity contribution in [3.8, 4) is 5.75 Å². The molecule has 0 aromatic heterocycles. The Bertz CT molecular complexity index is 962. The largest absolute Gasteiger partial charge is 0.495 e. The Labute approximate surface area is 188 Å². The predicted molar refractivity (Wildman–Crippen MR) is 124 cm³/mol. The van der Waals surface area contributed by atoms with Gasteiger partial charge in [0.05, 0.1) is 12.8 Å². The van der Waals surface area contributed by atoms with Gasteiger partial charge in [0.1, 0.15) is 11.8 Å². The van der Waals surface area contributed by atoms with Gasteiger partial charge in [-0.05, 0) is 36.1 Å². The minimum absolute atomic E-state index is 0.0311. The topological polar surface area (TPSA) is 99.8 Å². The van der Waals surface area contributed by atoms with Crippen molar-refractivity contribution >= 4 is 29.2 Å². The predicted octanol–water partition coefficient (Wildman–Crippen LogP) is 3.28. The van der Waals surface area contributed by atoms with Crippen molar-refractivity contribution in [2.24, 2.45) is 5.92 Å². The summed E-state index contributed by atoms with van der Waals surface area (Å²) in [7, 11) is 1.55. The highest BCUT2D eigenvalue weighted by Gasteiger charge is 2.27. The highest BCUT2D eigenvalue weighted by atomic mass is 16.5. The van der Waals surface area contributed by atoms with E-state index in [9.17, 15) is 14.4 Å². The number of hydrogen-bond acceptors (Lipinski definition) is 4. The molecule has 1 saturated heterocycles. The number of amides is 4. The second kappa shape index (κ2) is 10.7. The third-order valence-electron chi connectivity index (χ3n) is 5.34. The Morgan fingerprint density at radius 2 is 1.88 bits per heavy atom. The molecule has 1 aliphatic rings. The highest BCUT2D eigenvalue weighted by molar-refractivity contribution is 6.00. The summed E-state index contributed by atoms with van der Waals surface area (Å²) < 4.78 is 5.40. The highest BCUT2D eigenvalue weighted by Crippen LogP contribution is 2.34. The molecule has 1 atom stereocenters. The molecule has 1 heterocycles. The summed E-state index contributed by atoms with van der Waals surface area (Å²) in [6.45, 7) is 4.71. The lowest BCUT2D eigenvalue weighted by atomic mass is 10.0. The van der Waals surface area contributed by atoms with Crippen molar-refractivity contribution in [1.82, 2.24) is 10.6 Å². The smallest absolute Gasteiger partial charge is 0.315 e. The standard InChI is InChI=1S/C24H30N4O4/c1-16(2)22(27-24(31)25-15-17-8-5-4-6-9-17)23(30)26-18-11-12-20(32-3)19(14-18)28-13-7-10-21(28)29/h4-6,8-9,11-12,14,16,22H,7,10,13,15H2,1-3H3,(H,26,30)(H2,25,27,31). The summed E-state index contributed by atoms with van der Waals surface area (Å²) in [6, 6.07) is 13.6. The van der Waals surface area contributed by atoms with E-state index in [1.54, 1.807) is 30.2 Å². The first-order valence-electron chi connectivity index (χ1n) is 10.8. The number of benzene rings is 2. The van der Waals surface area contributed by atoms with Crippen molar-refractivity contribution < 1.29 is 19.1 Å². The average molecular weight is 439 g/mol. The first-order chi connectivity index (χ1) is 15.4. The fraction of sp³-hybridized carbons (Fsp3) is 0.375. The molecule has 3 N–H and O–H groups in total. The number of nitrogens with one attached hydrogen (secondary N) is 3. The van der Waals surface area contributed by atoms with Gasteiger partial charge in [-0.2, -0.15) is 0 Å². The van der Waals surface area contributed by atoms with E-state index in [-0.39, 0.29) is 17.7 Å². The Morgan fingerprint density at radius 1 is 1.12 bits per heavy atom. The molecule has 0 radical (unpaired) electrons. The van der Waals surface area contributed by atoms with Gasteiger partial charge in [0, 0.05) is 25.2 Å². The van der Waals surface area contributed by atoms with Crippen LogP contribution in [0.25, 0.3) is 0 Å². The van der Waals surface area contributed by atoms with Gasteiger partial charge in [0.15, 0.2) is 0 Å². The molecule has 2 aromatic carbocycles. The van der Waals surface area contributed by atoms with Crippen molar-refractivity contribution in [2.75, 3.05) is 23.9 Å². The molecular formula is C24H30N4O4. The SMILES string of the molecule is COc1ccc(NC(=O)C(NC(=O)NCc2ccccc2)C(C)C)cc1N1CCCC1=O. The number of urea groups is 1. The lowest BCUT2D eigenvalue weighted by Gasteiger charge is -2.23. The molecule has 0 bridgehead atoms. The summed E-state index contributed by atoms with van der Waals surface area (Å²) in [5.41, 5.74) is 2.13. The van der Waals surface area contributed by atoms with Crippen LogP contribution in [0.4, 0.5) is 16.2 Å². The van der Waals surface area contributed by atoms with E-state index in [0.29, 0.717) is 36.6 Å². The maximum atomic E-state index is 12.9. The minimum atomic E-state index is -0.732. The zero-order chi connectivity index (χ0) is 23.1. The lowest BCUT2D eigenvalue weighted by molar-refractivity contribution is -0.119. The van der Waals surface area contributed by atoms with Crippen molar-refractivity contribution in [1.29, 1.82) is 0 Å². The van der Waals surface area contributed by atoms with Crippen LogP contribution in [0.3, 0.4) is 0 Å². The minimum Gasteiger partial charge on any atom is -0.495 e. The normalized spacial score (nSPS) is 14.2. The number of methoxy groups -OCH3 is 1. The summed E-state index contributed by atoms with van der Waals surface area (Å²) in [4.78, 5) is 39.2. The van der Waals surface area contributed by atoms with Gasteiger partial charge in [-0.15, -0.1) is 0 Å². The van der Waals surface area contributed by atoms with E-state index in [2.05, 4.69) is 16.0 Å². The van der Waals surface area contributed by atoms with Crippen LogP contribution < -0.4 is 25.6 Å². The zero-order valence-corrected chi connectivity index (χ0v) is 18.7. The van der Waals surface area contributed by atoms with Crippen LogP contribution >= 0.6 is 0 Å². The van der Waals surface area contributed by atoms with Crippen LogP contribution in [-0.2, 0) is 16.1 Å². The Morgan fingerprint density at radius 3 is 2.50 bits per heavy atom. The molecule has 1 unspecified atom stereocenters.